The summed E-state index contributed by atoms with van der Waals surface area (Å²) in [6.45, 7) is 4.04. The van der Waals surface area contributed by atoms with Crippen molar-refractivity contribution in [3.8, 4) is 0 Å². The molecule has 14 heavy (non-hydrogen) atoms. The van der Waals surface area contributed by atoms with Crippen molar-refractivity contribution >= 4 is 17.3 Å². The zero-order valence-electron chi connectivity index (χ0n) is 8.57. The maximum Gasteiger partial charge on any atom is 0.0302 e. The van der Waals surface area contributed by atoms with Gasteiger partial charge in [-0.05, 0) is 29.6 Å². The normalized spacial score (nSPS) is 12.4. The lowest BCUT2D eigenvalue weighted by Gasteiger charge is -2.14. The molecule has 0 saturated heterocycles. The number of rotatable bonds is 5. The van der Waals surface area contributed by atoms with Crippen LogP contribution in [0.1, 0.15) is 12.0 Å². The summed E-state index contributed by atoms with van der Waals surface area (Å²) in [6, 6.07) is 10.2. The number of nitrogens with two attached hydrogens (primary N) is 1. The first-order valence-electron chi connectivity index (χ1n) is 4.74. The van der Waals surface area contributed by atoms with Crippen LogP contribution in [-0.2, 0) is 0 Å². The lowest BCUT2D eigenvalue weighted by Crippen LogP contribution is -2.21. The summed E-state index contributed by atoms with van der Waals surface area (Å²) in [6.07, 6.45) is 3.09. The van der Waals surface area contributed by atoms with Crippen LogP contribution in [0.3, 0.4) is 0 Å². The van der Waals surface area contributed by atoms with Crippen molar-refractivity contribution in [1.82, 2.24) is 0 Å². The molecule has 0 radical (unpaired) electrons. The molecule has 1 aromatic carbocycles. The van der Waals surface area contributed by atoms with E-state index in [0.717, 1.165) is 23.3 Å². The lowest BCUT2D eigenvalue weighted by molar-refractivity contribution is 0.809. The predicted octanol–water partition coefficient (Wildman–Crippen LogP) is 2.78. The first kappa shape index (κ1) is 11.3. The average Bonchev–Trinajstić information content (AvgIpc) is 2.26. The van der Waals surface area contributed by atoms with Crippen molar-refractivity contribution in [2.75, 3.05) is 12.0 Å². The molecule has 0 spiro atoms. The standard InChI is InChI=1S/C12H17NS/c1-10(12(13)8-9-14-2)11-6-4-3-5-7-11/h3-7,12H,1,8-9,13H2,2H3/t12-/m0/s1. The van der Waals surface area contributed by atoms with Gasteiger partial charge in [-0.2, -0.15) is 11.8 Å². The summed E-state index contributed by atoms with van der Waals surface area (Å²) in [5, 5.41) is 0. The molecule has 0 unspecified atom stereocenters. The van der Waals surface area contributed by atoms with Crippen LogP contribution in [0.25, 0.3) is 5.57 Å². The van der Waals surface area contributed by atoms with Crippen molar-refractivity contribution in [1.29, 1.82) is 0 Å². The number of benzene rings is 1. The van der Waals surface area contributed by atoms with Gasteiger partial charge in [0.25, 0.3) is 0 Å². The highest BCUT2D eigenvalue weighted by Crippen LogP contribution is 2.17. The van der Waals surface area contributed by atoms with E-state index >= 15 is 0 Å². The van der Waals surface area contributed by atoms with Gasteiger partial charge in [-0.3, -0.25) is 0 Å². The minimum Gasteiger partial charge on any atom is -0.324 e. The molecule has 0 fully saturated rings. The molecular formula is C12H17NS. The largest absolute Gasteiger partial charge is 0.324 e. The summed E-state index contributed by atoms with van der Waals surface area (Å²) in [5.41, 5.74) is 8.22. The van der Waals surface area contributed by atoms with Gasteiger partial charge in [-0.1, -0.05) is 36.9 Å². The maximum atomic E-state index is 6.02. The van der Waals surface area contributed by atoms with Gasteiger partial charge in [0.2, 0.25) is 0 Å². The zero-order chi connectivity index (χ0) is 10.4. The number of thioether (sulfide) groups is 1. The van der Waals surface area contributed by atoms with E-state index in [1.54, 1.807) is 0 Å². The highest BCUT2D eigenvalue weighted by molar-refractivity contribution is 7.98. The Balaban J connectivity index is 2.57. The van der Waals surface area contributed by atoms with Crippen LogP contribution in [0.2, 0.25) is 0 Å². The Morgan fingerprint density at radius 2 is 2.07 bits per heavy atom. The fourth-order valence-electron chi connectivity index (χ4n) is 1.29. The Morgan fingerprint density at radius 3 is 2.64 bits per heavy atom. The topological polar surface area (TPSA) is 26.0 Å². The molecule has 0 aliphatic carbocycles. The minimum atomic E-state index is 0.0878. The highest BCUT2D eigenvalue weighted by Gasteiger charge is 2.07. The molecule has 0 saturated carbocycles. The van der Waals surface area contributed by atoms with Crippen LogP contribution < -0.4 is 5.73 Å². The van der Waals surface area contributed by atoms with Crippen molar-refractivity contribution < 1.29 is 0 Å². The highest BCUT2D eigenvalue weighted by atomic mass is 32.2. The maximum absolute atomic E-state index is 6.02. The Kier molecular flexibility index (Phi) is 4.77. The van der Waals surface area contributed by atoms with Gasteiger partial charge >= 0.3 is 0 Å². The Hall–Kier alpha value is -0.730. The molecule has 0 bridgehead atoms. The summed E-state index contributed by atoms with van der Waals surface area (Å²) in [5.74, 6) is 1.09. The van der Waals surface area contributed by atoms with Crippen LogP contribution in [0.5, 0.6) is 0 Å². The molecule has 0 amide bonds. The molecule has 0 heterocycles. The van der Waals surface area contributed by atoms with Gasteiger partial charge < -0.3 is 5.73 Å². The van der Waals surface area contributed by atoms with E-state index in [2.05, 4.69) is 25.0 Å². The SMILES string of the molecule is C=C(c1ccccc1)[C@@H](N)CCSC. The second-order valence-corrected chi connectivity index (χ2v) is 4.26. The van der Waals surface area contributed by atoms with E-state index in [9.17, 15) is 0 Å². The molecular weight excluding hydrogens is 190 g/mol. The lowest BCUT2D eigenvalue weighted by atomic mass is 9.99. The smallest absolute Gasteiger partial charge is 0.0302 e. The Morgan fingerprint density at radius 1 is 1.43 bits per heavy atom. The second-order valence-electron chi connectivity index (χ2n) is 3.28. The van der Waals surface area contributed by atoms with Crippen molar-refractivity contribution in [3.63, 3.8) is 0 Å². The molecule has 76 valence electrons. The van der Waals surface area contributed by atoms with Crippen LogP contribution in [0.4, 0.5) is 0 Å². The van der Waals surface area contributed by atoms with Crippen LogP contribution in [0, 0.1) is 0 Å². The summed E-state index contributed by atoms with van der Waals surface area (Å²) < 4.78 is 0. The molecule has 1 rings (SSSR count). The van der Waals surface area contributed by atoms with Gasteiger partial charge in [0.15, 0.2) is 0 Å². The van der Waals surface area contributed by atoms with Crippen molar-refractivity contribution in [2.45, 2.75) is 12.5 Å². The van der Waals surface area contributed by atoms with Gasteiger partial charge in [0, 0.05) is 6.04 Å². The molecule has 0 aliphatic rings. The van der Waals surface area contributed by atoms with Gasteiger partial charge in [0.05, 0.1) is 0 Å². The molecule has 0 aliphatic heterocycles. The third-order valence-corrected chi connectivity index (χ3v) is 2.87. The first-order chi connectivity index (χ1) is 6.75. The molecule has 2 N–H and O–H groups in total. The van der Waals surface area contributed by atoms with Gasteiger partial charge in [-0.25, -0.2) is 0 Å². The molecule has 0 aromatic heterocycles. The van der Waals surface area contributed by atoms with E-state index in [4.69, 9.17) is 5.73 Å². The molecule has 2 heteroatoms. The van der Waals surface area contributed by atoms with E-state index in [1.165, 1.54) is 0 Å². The predicted molar refractivity (Wildman–Crippen MR) is 66.5 cm³/mol. The van der Waals surface area contributed by atoms with Crippen molar-refractivity contribution in [2.24, 2.45) is 5.73 Å². The average molecular weight is 207 g/mol. The quantitative estimate of drug-likeness (QED) is 0.803. The fraction of sp³-hybridized carbons (Fsp3) is 0.333. The first-order valence-corrected chi connectivity index (χ1v) is 6.14. The van der Waals surface area contributed by atoms with Gasteiger partial charge in [-0.15, -0.1) is 0 Å². The number of hydrogen-bond acceptors (Lipinski definition) is 2. The second kappa shape index (κ2) is 5.89. The van der Waals surface area contributed by atoms with Crippen LogP contribution in [0.15, 0.2) is 36.9 Å². The number of hydrogen-bond donors (Lipinski definition) is 1. The fourth-order valence-corrected chi connectivity index (χ4v) is 1.77. The van der Waals surface area contributed by atoms with Gasteiger partial charge in [0.1, 0.15) is 0 Å². The van der Waals surface area contributed by atoms with Crippen LogP contribution in [-0.4, -0.2) is 18.1 Å². The van der Waals surface area contributed by atoms with Crippen molar-refractivity contribution in [3.05, 3.63) is 42.5 Å². The third-order valence-electron chi connectivity index (χ3n) is 2.23. The zero-order valence-corrected chi connectivity index (χ0v) is 9.39. The van der Waals surface area contributed by atoms with E-state index in [-0.39, 0.29) is 6.04 Å². The van der Waals surface area contributed by atoms with Crippen LogP contribution >= 0.6 is 11.8 Å². The molecule has 1 atom stereocenters. The molecule has 1 aromatic rings. The molecule has 1 nitrogen and oxygen atoms in total. The Bertz CT molecular complexity index is 282. The summed E-state index contributed by atoms with van der Waals surface area (Å²) in [4.78, 5) is 0. The Labute approximate surface area is 90.4 Å². The third kappa shape index (κ3) is 3.20. The summed E-state index contributed by atoms with van der Waals surface area (Å²) in [7, 11) is 0. The van der Waals surface area contributed by atoms with E-state index in [1.807, 2.05) is 30.0 Å². The van der Waals surface area contributed by atoms with E-state index < -0.39 is 0 Å². The van der Waals surface area contributed by atoms with E-state index in [0.29, 0.717) is 0 Å². The summed E-state index contributed by atoms with van der Waals surface area (Å²) >= 11 is 1.82. The minimum absolute atomic E-state index is 0.0878. The monoisotopic (exact) mass is 207 g/mol.